The molecule has 0 fully saturated rings. The van der Waals surface area contributed by atoms with Crippen molar-refractivity contribution < 1.29 is 4.74 Å². The second-order valence-corrected chi connectivity index (χ2v) is 3.87. The Hall–Kier alpha value is -1.48. The van der Waals surface area contributed by atoms with Crippen molar-refractivity contribution in [1.29, 1.82) is 0 Å². The van der Waals surface area contributed by atoms with Gasteiger partial charge in [-0.1, -0.05) is 0 Å². The number of aryl methyl sites for hydroxylation is 1. The van der Waals surface area contributed by atoms with Crippen LogP contribution < -0.4 is 10.3 Å². The van der Waals surface area contributed by atoms with E-state index in [0.29, 0.717) is 12.5 Å². The Morgan fingerprint density at radius 1 is 1.31 bits per heavy atom. The fourth-order valence-corrected chi connectivity index (χ4v) is 1.69. The van der Waals surface area contributed by atoms with Gasteiger partial charge in [-0.3, -0.25) is 4.79 Å². The molecule has 0 radical (unpaired) electrons. The van der Waals surface area contributed by atoms with Crippen molar-refractivity contribution >= 4 is 22.5 Å². The molecule has 1 aromatic carbocycles. The molecule has 3 nitrogen and oxygen atoms in total. The van der Waals surface area contributed by atoms with E-state index in [0.717, 1.165) is 16.7 Å². The van der Waals surface area contributed by atoms with E-state index in [1.165, 1.54) is 0 Å². The molecule has 0 aliphatic heterocycles. The van der Waals surface area contributed by atoms with Crippen LogP contribution in [0.25, 0.3) is 10.9 Å². The molecule has 0 spiro atoms. The van der Waals surface area contributed by atoms with Gasteiger partial charge in [0.2, 0.25) is 0 Å². The average molecular weight is 238 g/mol. The highest BCUT2D eigenvalue weighted by atomic mass is 35.5. The molecule has 0 amide bonds. The number of nitrogens with zero attached hydrogens (tertiary/aromatic N) is 1. The highest BCUT2D eigenvalue weighted by molar-refractivity contribution is 6.18. The van der Waals surface area contributed by atoms with Crippen molar-refractivity contribution in [2.24, 2.45) is 7.05 Å². The summed E-state index contributed by atoms with van der Waals surface area (Å²) in [4.78, 5) is 11.4. The third-order valence-corrected chi connectivity index (χ3v) is 2.60. The summed E-state index contributed by atoms with van der Waals surface area (Å²) in [7, 11) is 1.75. The molecule has 0 aliphatic carbocycles. The zero-order valence-corrected chi connectivity index (χ0v) is 9.70. The van der Waals surface area contributed by atoms with Gasteiger partial charge in [0.15, 0.2) is 0 Å². The fraction of sp³-hybridized carbons (Fsp3) is 0.250. The Bertz CT molecular complexity index is 562. The fourth-order valence-electron chi connectivity index (χ4n) is 1.61. The lowest BCUT2D eigenvalue weighted by atomic mass is 10.2. The lowest BCUT2D eigenvalue weighted by Gasteiger charge is -2.07. The molecule has 0 saturated carbocycles. The first-order valence-corrected chi connectivity index (χ1v) is 5.54. The number of ether oxygens (including phenoxy) is 1. The third-order valence-electron chi connectivity index (χ3n) is 2.44. The smallest absolute Gasteiger partial charge is 0.250 e. The van der Waals surface area contributed by atoms with E-state index in [2.05, 4.69) is 0 Å². The minimum absolute atomic E-state index is 0.0121. The molecule has 84 valence electrons. The van der Waals surface area contributed by atoms with Crippen molar-refractivity contribution in [2.75, 3.05) is 12.5 Å². The Morgan fingerprint density at radius 2 is 2.12 bits per heavy atom. The lowest BCUT2D eigenvalue weighted by Crippen LogP contribution is -2.14. The largest absolute Gasteiger partial charge is 0.492 e. The first-order valence-electron chi connectivity index (χ1n) is 5.01. The van der Waals surface area contributed by atoms with Crippen LogP contribution in [0.5, 0.6) is 5.75 Å². The van der Waals surface area contributed by atoms with E-state index >= 15 is 0 Å². The van der Waals surface area contributed by atoms with Gasteiger partial charge in [-0.2, -0.15) is 0 Å². The topological polar surface area (TPSA) is 31.2 Å². The summed E-state index contributed by atoms with van der Waals surface area (Å²) in [6.45, 7) is 0.485. The Balaban J connectivity index is 2.48. The summed E-state index contributed by atoms with van der Waals surface area (Å²) < 4.78 is 7.03. The maximum absolute atomic E-state index is 11.4. The Kier molecular flexibility index (Phi) is 3.15. The maximum Gasteiger partial charge on any atom is 0.250 e. The van der Waals surface area contributed by atoms with Gasteiger partial charge in [0.1, 0.15) is 12.4 Å². The summed E-state index contributed by atoms with van der Waals surface area (Å²) in [6.07, 6.45) is 0. The SMILES string of the molecule is Cn1c(=O)ccc2cc(OCCCl)ccc21. The van der Waals surface area contributed by atoms with Crippen molar-refractivity contribution in [3.8, 4) is 5.75 Å². The van der Waals surface area contributed by atoms with Crippen LogP contribution in [0.1, 0.15) is 0 Å². The molecule has 4 heteroatoms. The molecule has 0 atom stereocenters. The molecule has 1 heterocycles. The molecule has 0 saturated heterocycles. The summed E-state index contributed by atoms with van der Waals surface area (Å²) in [5.41, 5.74) is 0.882. The number of benzene rings is 1. The van der Waals surface area contributed by atoms with E-state index in [9.17, 15) is 4.79 Å². The molecule has 0 aliphatic rings. The number of fused-ring (bicyclic) bond motifs is 1. The van der Waals surface area contributed by atoms with Crippen LogP contribution in [-0.4, -0.2) is 17.1 Å². The predicted octanol–water partition coefficient (Wildman–Crippen LogP) is 2.16. The van der Waals surface area contributed by atoms with Gasteiger partial charge >= 0.3 is 0 Å². The standard InChI is InChI=1S/C12H12ClNO2/c1-14-11-4-3-10(16-7-6-13)8-9(11)2-5-12(14)15/h2-5,8H,6-7H2,1H3. The molecule has 0 unspecified atom stereocenters. The van der Waals surface area contributed by atoms with Crippen LogP contribution in [0.4, 0.5) is 0 Å². The average Bonchev–Trinajstić information content (AvgIpc) is 2.31. The zero-order chi connectivity index (χ0) is 11.5. The van der Waals surface area contributed by atoms with E-state index in [1.807, 2.05) is 18.2 Å². The van der Waals surface area contributed by atoms with E-state index in [-0.39, 0.29) is 5.56 Å². The number of aromatic nitrogens is 1. The molecule has 0 bridgehead atoms. The highest BCUT2D eigenvalue weighted by Gasteiger charge is 2.01. The monoisotopic (exact) mass is 237 g/mol. The first kappa shape index (κ1) is 11.0. The highest BCUT2D eigenvalue weighted by Crippen LogP contribution is 2.19. The lowest BCUT2D eigenvalue weighted by molar-refractivity contribution is 0.343. The van der Waals surface area contributed by atoms with E-state index in [1.54, 1.807) is 23.7 Å². The summed E-state index contributed by atoms with van der Waals surface area (Å²) >= 11 is 5.55. The number of alkyl halides is 1. The van der Waals surface area contributed by atoms with Crippen LogP contribution in [0, 0.1) is 0 Å². The Morgan fingerprint density at radius 3 is 2.88 bits per heavy atom. The number of hydrogen-bond donors (Lipinski definition) is 0. The van der Waals surface area contributed by atoms with Gasteiger partial charge in [0, 0.05) is 18.5 Å². The van der Waals surface area contributed by atoms with Crippen LogP contribution >= 0.6 is 11.6 Å². The van der Waals surface area contributed by atoms with Crippen LogP contribution in [0.2, 0.25) is 0 Å². The van der Waals surface area contributed by atoms with Crippen molar-refractivity contribution in [3.63, 3.8) is 0 Å². The van der Waals surface area contributed by atoms with Crippen LogP contribution in [0.3, 0.4) is 0 Å². The van der Waals surface area contributed by atoms with Gasteiger partial charge in [-0.15, -0.1) is 11.6 Å². The van der Waals surface area contributed by atoms with E-state index < -0.39 is 0 Å². The molecular weight excluding hydrogens is 226 g/mol. The first-order chi connectivity index (χ1) is 7.72. The number of hydrogen-bond acceptors (Lipinski definition) is 2. The molecule has 2 aromatic rings. The maximum atomic E-state index is 11.4. The van der Waals surface area contributed by atoms with Gasteiger partial charge in [0.05, 0.1) is 11.4 Å². The normalized spacial score (nSPS) is 10.6. The summed E-state index contributed by atoms with van der Waals surface area (Å²) in [5.74, 6) is 1.23. The number of rotatable bonds is 3. The minimum atomic E-state index is -0.0121. The van der Waals surface area contributed by atoms with Gasteiger partial charge < -0.3 is 9.30 Å². The summed E-state index contributed by atoms with van der Waals surface area (Å²) in [5, 5.41) is 0.981. The summed E-state index contributed by atoms with van der Waals surface area (Å²) in [6, 6.07) is 8.97. The van der Waals surface area contributed by atoms with Crippen LogP contribution in [0.15, 0.2) is 35.1 Å². The molecule has 1 aromatic heterocycles. The van der Waals surface area contributed by atoms with Crippen molar-refractivity contribution in [3.05, 3.63) is 40.7 Å². The Labute approximate surface area is 98.2 Å². The molecule has 2 rings (SSSR count). The second kappa shape index (κ2) is 4.58. The third kappa shape index (κ3) is 2.04. The van der Waals surface area contributed by atoms with Gasteiger partial charge in [-0.25, -0.2) is 0 Å². The number of halogens is 1. The van der Waals surface area contributed by atoms with E-state index in [4.69, 9.17) is 16.3 Å². The minimum Gasteiger partial charge on any atom is -0.492 e. The molecular formula is C12H12ClNO2. The zero-order valence-electron chi connectivity index (χ0n) is 8.94. The predicted molar refractivity (Wildman–Crippen MR) is 65.4 cm³/mol. The van der Waals surface area contributed by atoms with Crippen molar-refractivity contribution in [2.45, 2.75) is 0 Å². The number of pyridine rings is 1. The quantitative estimate of drug-likeness (QED) is 0.766. The van der Waals surface area contributed by atoms with Gasteiger partial charge in [-0.05, 0) is 24.3 Å². The second-order valence-electron chi connectivity index (χ2n) is 3.49. The molecule has 0 N–H and O–H groups in total. The molecule has 16 heavy (non-hydrogen) atoms. The van der Waals surface area contributed by atoms with Crippen LogP contribution in [-0.2, 0) is 7.05 Å². The van der Waals surface area contributed by atoms with Gasteiger partial charge in [0.25, 0.3) is 5.56 Å². The van der Waals surface area contributed by atoms with Crippen molar-refractivity contribution in [1.82, 2.24) is 4.57 Å².